The van der Waals surface area contributed by atoms with Gasteiger partial charge in [0, 0.05) is 23.9 Å². The van der Waals surface area contributed by atoms with Gasteiger partial charge in [-0.3, -0.25) is 4.90 Å². The molecule has 0 N–H and O–H groups in total. The Hall–Kier alpha value is -0.0800. The SMILES string of the molecule is CC[N+](C)(CC)C1CC(C)(C)N(C)C(C)(C)C1. The molecule has 0 spiro atoms. The fourth-order valence-corrected chi connectivity index (χ4v) is 3.50. The first-order valence-electron chi connectivity index (χ1n) is 7.17. The van der Waals surface area contributed by atoms with Gasteiger partial charge in [0.15, 0.2) is 0 Å². The van der Waals surface area contributed by atoms with Gasteiger partial charge in [-0.25, -0.2) is 0 Å². The predicted molar refractivity (Wildman–Crippen MR) is 76.2 cm³/mol. The van der Waals surface area contributed by atoms with E-state index in [0.29, 0.717) is 11.1 Å². The zero-order valence-electron chi connectivity index (χ0n) is 13.3. The predicted octanol–water partition coefficient (Wildman–Crippen LogP) is 3.12. The Kier molecular flexibility index (Phi) is 4.01. The summed E-state index contributed by atoms with van der Waals surface area (Å²) in [7, 11) is 4.72. The van der Waals surface area contributed by atoms with E-state index in [1.54, 1.807) is 0 Å². The van der Waals surface area contributed by atoms with Crippen molar-refractivity contribution in [2.45, 2.75) is 71.5 Å². The summed E-state index contributed by atoms with van der Waals surface area (Å²) in [4.78, 5) is 2.58. The van der Waals surface area contributed by atoms with Crippen LogP contribution in [-0.2, 0) is 0 Å². The van der Waals surface area contributed by atoms with Crippen molar-refractivity contribution < 1.29 is 4.48 Å². The van der Waals surface area contributed by atoms with Crippen LogP contribution in [0.3, 0.4) is 0 Å². The summed E-state index contributed by atoms with van der Waals surface area (Å²) >= 11 is 0. The van der Waals surface area contributed by atoms with Crippen LogP contribution in [-0.4, -0.2) is 53.7 Å². The smallest absolute Gasteiger partial charge is 0.0923 e. The van der Waals surface area contributed by atoms with Gasteiger partial charge in [0.05, 0.1) is 26.2 Å². The van der Waals surface area contributed by atoms with Crippen LogP contribution in [0, 0.1) is 0 Å². The lowest BCUT2D eigenvalue weighted by molar-refractivity contribution is -0.933. The second-order valence-corrected chi connectivity index (χ2v) is 7.36. The highest BCUT2D eigenvalue weighted by atomic mass is 15.4. The van der Waals surface area contributed by atoms with Crippen molar-refractivity contribution in [2.24, 2.45) is 0 Å². The van der Waals surface area contributed by atoms with Crippen molar-refractivity contribution in [3.05, 3.63) is 0 Å². The Morgan fingerprint density at radius 1 is 1.00 bits per heavy atom. The normalized spacial score (nSPS) is 26.1. The molecule has 1 fully saturated rings. The Labute approximate surface area is 109 Å². The summed E-state index contributed by atoms with van der Waals surface area (Å²) in [5, 5.41) is 0. The molecule has 1 saturated heterocycles. The molecule has 0 atom stereocenters. The van der Waals surface area contributed by atoms with Crippen LogP contribution in [0.15, 0.2) is 0 Å². The third-order valence-electron chi connectivity index (χ3n) is 5.61. The van der Waals surface area contributed by atoms with Crippen LogP contribution >= 0.6 is 0 Å². The van der Waals surface area contributed by atoms with Crippen LogP contribution in [0.5, 0.6) is 0 Å². The Morgan fingerprint density at radius 3 is 1.65 bits per heavy atom. The lowest BCUT2D eigenvalue weighted by atomic mass is 9.76. The maximum absolute atomic E-state index is 2.58. The molecule has 0 aliphatic carbocycles. The molecule has 0 aromatic heterocycles. The van der Waals surface area contributed by atoms with E-state index in [2.05, 4.69) is 60.5 Å². The monoisotopic (exact) mass is 241 g/mol. The number of hydrogen-bond acceptors (Lipinski definition) is 1. The third-order valence-corrected chi connectivity index (χ3v) is 5.61. The number of likely N-dealkylation sites (tertiary alicyclic amines) is 1. The fraction of sp³-hybridized carbons (Fsp3) is 1.00. The second kappa shape index (κ2) is 4.55. The Morgan fingerprint density at radius 2 is 1.35 bits per heavy atom. The quantitative estimate of drug-likeness (QED) is 0.686. The van der Waals surface area contributed by atoms with Gasteiger partial charge in [-0.15, -0.1) is 0 Å². The van der Waals surface area contributed by atoms with E-state index < -0.39 is 0 Å². The number of piperidine rings is 1. The number of hydrogen-bond donors (Lipinski definition) is 0. The lowest BCUT2D eigenvalue weighted by Gasteiger charge is -2.57. The van der Waals surface area contributed by atoms with Crippen molar-refractivity contribution in [1.29, 1.82) is 0 Å². The van der Waals surface area contributed by atoms with E-state index in [1.165, 1.54) is 30.4 Å². The second-order valence-electron chi connectivity index (χ2n) is 7.36. The van der Waals surface area contributed by atoms with Gasteiger partial charge in [-0.1, -0.05) is 0 Å². The summed E-state index contributed by atoms with van der Waals surface area (Å²) < 4.78 is 1.22. The summed E-state index contributed by atoms with van der Waals surface area (Å²) in [5.74, 6) is 0. The molecule has 1 aliphatic heterocycles. The molecule has 17 heavy (non-hydrogen) atoms. The molecule has 0 saturated carbocycles. The maximum atomic E-state index is 2.58. The van der Waals surface area contributed by atoms with Crippen molar-refractivity contribution in [1.82, 2.24) is 4.90 Å². The molecule has 0 radical (unpaired) electrons. The molecule has 0 unspecified atom stereocenters. The molecule has 1 aliphatic rings. The van der Waals surface area contributed by atoms with Crippen LogP contribution in [0.25, 0.3) is 0 Å². The highest BCUT2D eigenvalue weighted by Crippen LogP contribution is 2.40. The van der Waals surface area contributed by atoms with Crippen LogP contribution in [0.2, 0.25) is 0 Å². The van der Waals surface area contributed by atoms with E-state index in [1.807, 2.05) is 0 Å². The molecule has 2 nitrogen and oxygen atoms in total. The summed E-state index contributed by atoms with van der Waals surface area (Å²) in [5.41, 5.74) is 0.631. The third kappa shape index (κ3) is 2.68. The van der Waals surface area contributed by atoms with Gasteiger partial charge in [-0.2, -0.15) is 0 Å². The largest absolute Gasteiger partial charge is 0.324 e. The average Bonchev–Trinajstić information content (AvgIpc) is 2.23. The molecule has 2 heteroatoms. The summed E-state index contributed by atoms with van der Waals surface area (Å²) in [6, 6.07) is 0.797. The van der Waals surface area contributed by atoms with Crippen LogP contribution < -0.4 is 0 Å². The fourth-order valence-electron chi connectivity index (χ4n) is 3.50. The minimum atomic E-state index is 0.316. The van der Waals surface area contributed by atoms with E-state index in [9.17, 15) is 0 Å². The topological polar surface area (TPSA) is 3.24 Å². The first kappa shape index (κ1) is 15.0. The number of rotatable bonds is 3. The minimum Gasteiger partial charge on any atom is -0.324 e. The van der Waals surface area contributed by atoms with E-state index in [-0.39, 0.29) is 0 Å². The van der Waals surface area contributed by atoms with Gasteiger partial charge in [0.2, 0.25) is 0 Å². The molecule has 1 rings (SSSR count). The van der Waals surface area contributed by atoms with Gasteiger partial charge in [-0.05, 0) is 48.6 Å². The minimum absolute atomic E-state index is 0.316. The van der Waals surface area contributed by atoms with E-state index >= 15 is 0 Å². The zero-order chi connectivity index (χ0) is 13.5. The molecular weight excluding hydrogens is 208 g/mol. The Balaban J connectivity index is 2.99. The van der Waals surface area contributed by atoms with Gasteiger partial charge >= 0.3 is 0 Å². The molecule has 0 aromatic rings. The van der Waals surface area contributed by atoms with Crippen LogP contribution in [0.1, 0.15) is 54.4 Å². The average molecular weight is 241 g/mol. The number of quaternary nitrogens is 1. The highest BCUT2D eigenvalue weighted by molar-refractivity contribution is 4.99. The lowest BCUT2D eigenvalue weighted by Crippen LogP contribution is -2.66. The molecule has 102 valence electrons. The van der Waals surface area contributed by atoms with Gasteiger partial charge in [0.1, 0.15) is 0 Å². The molecule has 0 amide bonds. The van der Waals surface area contributed by atoms with Crippen LogP contribution in [0.4, 0.5) is 0 Å². The first-order chi connectivity index (χ1) is 7.59. The number of nitrogens with zero attached hydrogens (tertiary/aromatic N) is 2. The summed E-state index contributed by atoms with van der Waals surface area (Å²) in [6.45, 7) is 16.8. The van der Waals surface area contributed by atoms with Crippen molar-refractivity contribution in [2.75, 3.05) is 27.2 Å². The van der Waals surface area contributed by atoms with Crippen molar-refractivity contribution in [3.8, 4) is 0 Å². The maximum Gasteiger partial charge on any atom is 0.0923 e. The molecule has 1 heterocycles. The first-order valence-corrected chi connectivity index (χ1v) is 7.17. The highest BCUT2D eigenvalue weighted by Gasteiger charge is 2.48. The van der Waals surface area contributed by atoms with Gasteiger partial charge < -0.3 is 4.48 Å². The van der Waals surface area contributed by atoms with E-state index in [0.717, 1.165) is 6.04 Å². The van der Waals surface area contributed by atoms with Gasteiger partial charge in [0.25, 0.3) is 0 Å². The molecule has 0 bridgehead atoms. The molecule has 0 aromatic carbocycles. The van der Waals surface area contributed by atoms with Crippen molar-refractivity contribution >= 4 is 0 Å². The van der Waals surface area contributed by atoms with E-state index in [4.69, 9.17) is 0 Å². The zero-order valence-corrected chi connectivity index (χ0v) is 13.3. The summed E-state index contributed by atoms with van der Waals surface area (Å²) in [6.07, 6.45) is 2.62. The molecular formula is C15H33N2+. The Bertz CT molecular complexity index is 246. The van der Waals surface area contributed by atoms with Crippen molar-refractivity contribution in [3.63, 3.8) is 0 Å². The standard InChI is InChI=1S/C15H33N2/c1-9-17(8,10-2)13-11-14(3,4)16(7)15(5,6)12-13/h13H,9-12H2,1-8H3/q+1.